The number of rotatable bonds is 6. The van der Waals surface area contributed by atoms with Crippen molar-refractivity contribution in [3.05, 3.63) is 29.3 Å². The van der Waals surface area contributed by atoms with Crippen LogP contribution < -0.4 is 10.9 Å². The lowest BCUT2D eigenvalue weighted by molar-refractivity contribution is -0.134. The van der Waals surface area contributed by atoms with Gasteiger partial charge in [-0.15, -0.1) is 0 Å². The number of hydrogen-bond acceptors (Lipinski definition) is 4. The predicted molar refractivity (Wildman–Crippen MR) is 110 cm³/mol. The van der Waals surface area contributed by atoms with Crippen LogP contribution in [0.5, 0.6) is 0 Å². The molecule has 1 aromatic carbocycles. The molecule has 5 rings (SSSR count). The molecule has 4 aliphatic rings. The van der Waals surface area contributed by atoms with Gasteiger partial charge in [-0.2, -0.15) is 0 Å². The van der Waals surface area contributed by atoms with Gasteiger partial charge in [0.05, 0.1) is 10.6 Å². The summed E-state index contributed by atoms with van der Waals surface area (Å²) >= 11 is 5.77. The summed E-state index contributed by atoms with van der Waals surface area (Å²) in [6.07, 6.45) is 7.56. The van der Waals surface area contributed by atoms with Crippen LogP contribution in [0.2, 0.25) is 5.02 Å². The first-order chi connectivity index (χ1) is 13.7. The molecule has 0 aliphatic heterocycles. The van der Waals surface area contributed by atoms with E-state index in [1.807, 2.05) is 0 Å². The Morgan fingerprint density at radius 1 is 0.931 bits per heavy atom. The van der Waals surface area contributed by atoms with E-state index in [9.17, 15) is 18.0 Å². The SMILES string of the molecule is O=C(CCS(=O)(=O)c1ccc(Cl)cc1)NNC(=O)CC12CC3CC(CC(C3)C1)C2. The van der Waals surface area contributed by atoms with Crippen molar-refractivity contribution < 1.29 is 18.0 Å². The quantitative estimate of drug-likeness (QED) is 0.667. The van der Waals surface area contributed by atoms with Crippen LogP contribution in [0, 0.1) is 23.2 Å². The lowest BCUT2D eigenvalue weighted by atomic mass is 9.49. The summed E-state index contributed by atoms with van der Waals surface area (Å²) in [5, 5.41) is 0.448. The monoisotopic (exact) mass is 438 g/mol. The van der Waals surface area contributed by atoms with Gasteiger partial charge in [0.2, 0.25) is 11.8 Å². The van der Waals surface area contributed by atoms with Gasteiger partial charge in [0.25, 0.3) is 0 Å². The molecule has 0 aromatic heterocycles. The second kappa shape index (κ2) is 7.91. The number of halogens is 1. The fourth-order valence-corrected chi connectivity index (χ4v) is 7.45. The lowest BCUT2D eigenvalue weighted by Crippen LogP contribution is -2.50. The molecule has 2 amide bonds. The summed E-state index contributed by atoms with van der Waals surface area (Å²) in [4.78, 5) is 24.6. The van der Waals surface area contributed by atoms with Crippen LogP contribution in [0.15, 0.2) is 29.2 Å². The van der Waals surface area contributed by atoms with Gasteiger partial charge in [0.1, 0.15) is 0 Å². The smallest absolute Gasteiger partial charge is 0.239 e. The second-order valence-electron chi connectivity index (χ2n) is 9.21. The fourth-order valence-electron chi connectivity index (χ4n) is 6.08. The third-order valence-corrected chi connectivity index (χ3v) is 8.80. The Morgan fingerprint density at radius 3 is 2.00 bits per heavy atom. The molecule has 4 saturated carbocycles. The van der Waals surface area contributed by atoms with E-state index in [2.05, 4.69) is 10.9 Å². The Labute approximate surface area is 176 Å². The molecule has 4 bridgehead atoms. The van der Waals surface area contributed by atoms with Crippen molar-refractivity contribution in [2.45, 2.75) is 56.3 Å². The molecule has 4 fully saturated rings. The molecule has 0 unspecified atom stereocenters. The summed E-state index contributed by atoms with van der Waals surface area (Å²) in [5.41, 5.74) is 4.96. The van der Waals surface area contributed by atoms with Crippen LogP contribution in [0.25, 0.3) is 0 Å². The predicted octanol–water partition coefficient (Wildman–Crippen LogP) is 3.26. The van der Waals surface area contributed by atoms with Crippen molar-refractivity contribution in [3.8, 4) is 0 Å². The van der Waals surface area contributed by atoms with Gasteiger partial charge in [-0.25, -0.2) is 8.42 Å². The van der Waals surface area contributed by atoms with Crippen LogP contribution in [0.4, 0.5) is 0 Å². The highest BCUT2D eigenvalue weighted by Gasteiger charge is 2.51. The largest absolute Gasteiger partial charge is 0.273 e. The number of hydrazine groups is 1. The number of amides is 2. The summed E-state index contributed by atoms with van der Waals surface area (Å²) in [6.45, 7) is 0. The van der Waals surface area contributed by atoms with Gasteiger partial charge in [-0.3, -0.25) is 20.4 Å². The maximum Gasteiger partial charge on any atom is 0.239 e. The van der Waals surface area contributed by atoms with E-state index in [0.29, 0.717) is 11.4 Å². The molecule has 2 N–H and O–H groups in total. The average Bonchev–Trinajstić information content (AvgIpc) is 2.63. The van der Waals surface area contributed by atoms with Gasteiger partial charge in [-0.1, -0.05) is 11.6 Å². The first-order valence-electron chi connectivity index (χ1n) is 10.3. The minimum absolute atomic E-state index is 0.0987. The van der Waals surface area contributed by atoms with E-state index in [0.717, 1.165) is 37.0 Å². The van der Waals surface area contributed by atoms with Crippen LogP contribution >= 0.6 is 11.6 Å². The number of carbonyl (C=O) groups excluding carboxylic acids is 2. The zero-order valence-electron chi connectivity index (χ0n) is 16.3. The summed E-state index contributed by atoms with van der Waals surface area (Å²) in [6, 6.07) is 5.84. The summed E-state index contributed by atoms with van der Waals surface area (Å²) in [5.74, 6) is 1.28. The Bertz CT molecular complexity index is 862. The van der Waals surface area contributed by atoms with E-state index in [1.54, 1.807) is 0 Å². The van der Waals surface area contributed by atoms with E-state index in [1.165, 1.54) is 43.5 Å². The van der Waals surface area contributed by atoms with E-state index < -0.39 is 15.7 Å². The fraction of sp³-hybridized carbons (Fsp3) is 0.619. The van der Waals surface area contributed by atoms with Crippen molar-refractivity contribution >= 4 is 33.3 Å². The molecular formula is C21H27ClN2O4S. The molecule has 0 spiro atoms. The third kappa shape index (κ3) is 4.77. The highest BCUT2D eigenvalue weighted by atomic mass is 35.5. The summed E-state index contributed by atoms with van der Waals surface area (Å²) in [7, 11) is -3.58. The number of nitrogens with one attached hydrogen (secondary N) is 2. The van der Waals surface area contributed by atoms with Crippen molar-refractivity contribution in [1.29, 1.82) is 0 Å². The van der Waals surface area contributed by atoms with Crippen LogP contribution in [-0.2, 0) is 19.4 Å². The minimum Gasteiger partial charge on any atom is -0.273 e. The Hall–Kier alpha value is -1.60. The normalized spacial score (nSPS) is 30.2. The van der Waals surface area contributed by atoms with Crippen LogP contribution in [0.3, 0.4) is 0 Å². The van der Waals surface area contributed by atoms with Gasteiger partial charge >= 0.3 is 0 Å². The van der Waals surface area contributed by atoms with E-state index >= 15 is 0 Å². The first kappa shape index (κ1) is 20.7. The molecule has 1 aromatic rings. The number of benzene rings is 1. The van der Waals surface area contributed by atoms with Crippen molar-refractivity contribution in [1.82, 2.24) is 10.9 Å². The minimum atomic E-state index is -3.58. The molecule has 29 heavy (non-hydrogen) atoms. The maximum absolute atomic E-state index is 12.4. The topological polar surface area (TPSA) is 92.3 Å². The summed E-state index contributed by atoms with van der Waals surface area (Å²) < 4.78 is 24.6. The molecule has 158 valence electrons. The van der Waals surface area contributed by atoms with Crippen molar-refractivity contribution in [2.24, 2.45) is 23.2 Å². The third-order valence-electron chi connectivity index (χ3n) is 6.81. The molecule has 6 nitrogen and oxygen atoms in total. The first-order valence-corrected chi connectivity index (χ1v) is 12.3. The molecule has 8 heteroatoms. The molecule has 4 aliphatic carbocycles. The lowest BCUT2D eigenvalue weighted by Gasteiger charge is -2.56. The molecular weight excluding hydrogens is 412 g/mol. The van der Waals surface area contributed by atoms with E-state index in [-0.39, 0.29) is 28.4 Å². The highest BCUT2D eigenvalue weighted by molar-refractivity contribution is 7.91. The molecule has 0 radical (unpaired) electrons. The zero-order valence-corrected chi connectivity index (χ0v) is 17.9. The van der Waals surface area contributed by atoms with Gasteiger partial charge in [0, 0.05) is 17.9 Å². The molecule has 0 atom stereocenters. The number of sulfone groups is 1. The number of hydrogen-bond donors (Lipinski definition) is 2. The molecule has 0 heterocycles. The van der Waals surface area contributed by atoms with Crippen LogP contribution in [-0.4, -0.2) is 26.0 Å². The van der Waals surface area contributed by atoms with Crippen LogP contribution in [0.1, 0.15) is 51.4 Å². The van der Waals surface area contributed by atoms with Crippen molar-refractivity contribution in [2.75, 3.05) is 5.75 Å². The average molecular weight is 439 g/mol. The van der Waals surface area contributed by atoms with Gasteiger partial charge in [-0.05, 0) is 86.0 Å². The Kier molecular flexibility index (Phi) is 5.64. The zero-order chi connectivity index (χ0) is 20.6. The van der Waals surface area contributed by atoms with E-state index in [4.69, 9.17) is 11.6 Å². The standard InChI is InChI=1S/C21H27ClN2O4S/c22-17-1-3-18(4-2-17)29(27,28)6-5-19(25)23-24-20(26)13-21-10-14-7-15(11-21)9-16(8-14)12-21/h1-4,14-16H,5-13H2,(H,23,25)(H,24,26). The number of carbonyl (C=O) groups is 2. The van der Waals surface area contributed by atoms with Gasteiger partial charge in [0.15, 0.2) is 9.84 Å². The van der Waals surface area contributed by atoms with Crippen molar-refractivity contribution in [3.63, 3.8) is 0 Å². The Morgan fingerprint density at radius 2 is 1.45 bits per heavy atom. The maximum atomic E-state index is 12.4. The second-order valence-corrected chi connectivity index (χ2v) is 11.8. The van der Waals surface area contributed by atoms with Gasteiger partial charge < -0.3 is 0 Å². The Balaban J connectivity index is 1.23. The highest BCUT2D eigenvalue weighted by Crippen LogP contribution is 2.61. The molecule has 0 saturated heterocycles.